The fourth-order valence-corrected chi connectivity index (χ4v) is 5.77. The maximum atomic E-state index is 14.5. The first-order valence-corrected chi connectivity index (χ1v) is 14.3. The Bertz CT molecular complexity index is 1660. The van der Waals surface area contributed by atoms with Gasteiger partial charge in [-0.1, -0.05) is 66.2 Å². The molecule has 11 heteroatoms. The molecular formula is C32H31ClN6O4. The van der Waals surface area contributed by atoms with Crippen molar-refractivity contribution in [3.05, 3.63) is 107 Å². The van der Waals surface area contributed by atoms with E-state index in [1.807, 2.05) is 49.4 Å². The van der Waals surface area contributed by atoms with E-state index < -0.39 is 41.8 Å². The summed E-state index contributed by atoms with van der Waals surface area (Å²) in [6.45, 7) is 1.64. The van der Waals surface area contributed by atoms with Crippen molar-refractivity contribution in [3.63, 3.8) is 0 Å². The van der Waals surface area contributed by atoms with Gasteiger partial charge in [0.2, 0.25) is 17.6 Å². The van der Waals surface area contributed by atoms with Crippen LogP contribution in [0, 0.1) is 0 Å². The van der Waals surface area contributed by atoms with E-state index in [1.165, 1.54) is 22.2 Å². The molecule has 220 valence electrons. The number of nitrogens with one attached hydrogen (secondary N) is 1. The second kappa shape index (κ2) is 13.0. The van der Waals surface area contributed by atoms with Crippen LogP contribution in [-0.4, -0.2) is 68.6 Å². The van der Waals surface area contributed by atoms with Crippen LogP contribution >= 0.6 is 11.6 Å². The van der Waals surface area contributed by atoms with Gasteiger partial charge >= 0.3 is 0 Å². The molecule has 3 atom stereocenters. The summed E-state index contributed by atoms with van der Waals surface area (Å²) in [6, 6.07) is 19.4. The Hall–Kier alpha value is -4.83. The summed E-state index contributed by atoms with van der Waals surface area (Å²) in [5, 5.41) is 4.92. The first-order valence-electron chi connectivity index (χ1n) is 13.9. The van der Waals surface area contributed by atoms with Crippen molar-refractivity contribution in [2.24, 2.45) is 5.73 Å². The topological polar surface area (TPSA) is 139 Å². The lowest BCUT2D eigenvalue weighted by Crippen LogP contribution is -2.53. The Kier molecular flexibility index (Phi) is 8.96. The largest absolute Gasteiger partial charge is 0.368 e. The van der Waals surface area contributed by atoms with Crippen LogP contribution in [0.3, 0.4) is 0 Å². The average Bonchev–Trinajstić information content (AvgIpc) is 3.14. The van der Waals surface area contributed by atoms with E-state index in [0.29, 0.717) is 17.0 Å². The molecule has 4 aromatic rings. The lowest BCUT2D eigenvalue weighted by atomic mass is 9.96. The predicted molar refractivity (Wildman–Crippen MR) is 162 cm³/mol. The van der Waals surface area contributed by atoms with E-state index in [2.05, 4.69) is 15.3 Å². The number of carbonyl (C=O) groups is 4. The molecule has 1 saturated heterocycles. The minimum atomic E-state index is -1.11. The number of aromatic nitrogens is 2. The molecule has 0 aliphatic carbocycles. The Morgan fingerprint density at radius 2 is 1.74 bits per heavy atom. The first-order chi connectivity index (χ1) is 20.7. The van der Waals surface area contributed by atoms with Gasteiger partial charge in [0, 0.05) is 36.4 Å². The fraction of sp³-hybridized carbons (Fsp3) is 0.250. The maximum Gasteiger partial charge on any atom is 0.289 e. The van der Waals surface area contributed by atoms with Gasteiger partial charge in [-0.05, 0) is 53.4 Å². The van der Waals surface area contributed by atoms with E-state index >= 15 is 0 Å². The Morgan fingerprint density at radius 1 is 1.02 bits per heavy atom. The SMILES string of the molecule is C[C@@H]1CCN([C@H](Cc2cccc3ccccc23)C(N)=O)C(=O)[C@H](c2cccc(Cl)c2)N1C(=O)CNC(=O)c1ncccn1. The van der Waals surface area contributed by atoms with Crippen LogP contribution in [0.2, 0.25) is 5.02 Å². The van der Waals surface area contributed by atoms with E-state index in [1.54, 1.807) is 30.3 Å². The molecule has 0 bridgehead atoms. The number of amides is 4. The number of carbonyl (C=O) groups excluding carboxylic acids is 4. The smallest absolute Gasteiger partial charge is 0.289 e. The minimum absolute atomic E-state index is 0.0782. The Labute approximate surface area is 253 Å². The molecule has 1 aliphatic heterocycles. The molecule has 4 amide bonds. The van der Waals surface area contributed by atoms with Gasteiger partial charge in [0.15, 0.2) is 0 Å². The number of rotatable bonds is 8. The number of halogens is 1. The van der Waals surface area contributed by atoms with Crippen LogP contribution in [0.15, 0.2) is 85.2 Å². The van der Waals surface area contributed by atoms with Crippen molar-refractivity contribution >= 4 is 46.0 Å². The van der Waals surface area contributed by atoms with Crippen molar-refractivity contribution in [1.29, 1.82) is 0 Å². The van der Waals surface area contributed by atoms with Crippen LogP contribution in [0.25, 0.3) is 10.8 Å². The number of benzene rings is 3. The fourth-order valence-electron chi connectivity index (χ4n) is 5.57. The third kappa shape index (κ3) is 6.49. The zero-order chi connectivity index (χ0) is 30.5. The average molecular weight is 599 g/mol. The summed E-state index contributed by atoms with van der Waals surface area (Å²) in [6.07, 6.45) is 3.44. The van der Waals surface area contributed by atoms with Gasteiger partial charge in [0.05, 0.1) is 6.54 Å². The normalized spacial score (nSPS) is 17.8. The zero-order valence-electron chi connectivity index (χ0n) is 23.5. The summed E-state index contributed by atoms with van der Waals surface area (Å²) < 4.78 is 0. The van der Waals surface area contributed by atoms with Crippen LogP contribution in [0.5, 0.6) is 0 Å². The molecule has 2 heterocycles. The Morgan fingerprint density at radius 3 is 2.49 bits per heavy atom. The number of hydrogen-bond donors (Lipinski definition) is 2. The van der Waals surface area contributed by atoms with Crippen LogP contribution in [0.1, 0.15) is 41.1 Å². The zero-order valence-corrected chi connectivity index (χ0v) is 24.3. The lowest BCUT2D eigenvalue weighted by molar-refractivity contribution is -0.148. The van der Waals surface area contributed by atoms with Crippen molar-refractivity contribution in [2.45, 2.75) is 37.9 Å². The van der Waals surface area contributed by atoms with Gasteiger partial charge in [-0.3, -0.25) is 19.2 Å². The summed E-state index contributed by atoms with van der Waals surface area (Å²) in [4.78, 5) is 64.5. The lowest BCUT2D eigenvalue weighted by Gasteiger charge is -2.36. The third-order valence-corrected chi connectivity index (χ3v) is 7.91. The van der Waals surface area contributed by atoms with E-state index in [9.17, 15) is 19.2 Å². The summed E-state index contributed by atoms with van der Waals surface area (Å²) >= 11 is 6.33. The molecule has 1 aromatic heterocycles. The van der Waals surface area contributed by atoms with Gasteiger partial charge in [-0.2, -0.15) is 0 Å². The minimum Gasteiger partial charge on any atom is -0.368 e. The van der Waals surface area contributed by atoms with Crippen molar-refractivity contribution in [1.82, 2.24) is 25.1 Å². The van der Waals surface area contributed by atoms with Gasteiger partial charge in [-0.25, -0.2) is 9.97 Å². The Balaban J connectivity index is 1.48. The molecule has 43 heavy (non-hydrogen) atoms. The van der Waals surface area contributed by atoms with Crippen molar-refractivity contribution in [2.75, 3.05) is 13.1 Å². The maximum absolute atomic E-state index is 14.5. The van der Waals surface area contributed by atoms with Crippen LogP contribution in [0.4, 0.5) is 0 Å². The summed E-state index contributed by atoms with van der Waals surface area (Å²) in [7, 11) is 0. The van der Waals surface area contributed by atoms with Crippen LogP contribution < -0.4 is 11.1 Å². The molecule has 3 aromatic carbocycles. The molecule has 3 N–H and O–H groups in total. The number of fused-ring (bicyclic) bond motifs is 1. The second-order valence-corrected chi connectivity index (χ2v) is 10.9. The van der Waals surface area contributed by atoms with Crippen LogP contribution in [-0.2, 0) is 20.8 Å². The standard InChI is InChI=1S/C32H31ClN6O4/c1-20-13-16-38(26(29(34)41)18-22-9-4-8-21-7-2-3-12-25(21)22)32(43)28(23-10-5-11-24(33)17-23)39(20)27(40)19-37-31(42)30-35-14-6-15-36-30/h2-12,14-15,17,20,26,28H,13,16,18-19H2,1H3,(H2,34,41)(H,37,42)/t20-,26-,28+/m1/s1. The van der Waals surface area contributed by atoms with Crippen molar-refractivity contribution in [3.8, 4) is 0 Å². The van der Waals surface area contributed by atoms with Crippen molar-refractivity contribution < 1.29 is 19.2 Å². The van der Waals surface area contributed by atoms with Gasteiger partial charge in [-0.15, -0.1) is 0 Å². The highest BCUT2D eigenvalue weighted by Gasteiger charge is 2.43. The molecule has 10 nitrogen and oxygen atoms in total. The van der Waals surface area contributed by atoms with E-state index in [4.69, 9.17) is 17.3 Å². The highest BCUT2D eigenvalue weighted by atomic mass is 35.5. The monoisotopic (exact) mass is 598 g/mol. The summed E-state index contributed by atoms with van der Waals surface area (Å²) in [5.41, 5.74) is 7.31. The third-order valence-electron chi connectivity index (χ3n) is 7.68. The highest BCUT2D eigenvalue weighted by Crippen LogP contribution is 2.33. The number of primary amides is 1. The molecular weight excluding hydrogens is 568 g/mol. The number of nitrogens with zero attached hydrogens (tertiary/aromatic N) is 4. The summed E-state index contributed by atoms with van der Waals surface area (Å²) in [5.74, 6) is -2.28. The first kappa shape index (κ1) is 29.7. The second-order valence-electron chi connectivity index (χ2n) is 10.4. The molecule has 0 radical (unpaired) electrons. The van der Waals surface area contributed by atoms with Gasteiger partial charge in [0.1, 0.15) is 12.1 Å². The van der Waals surface area contributed by atoms with E-state index in [0.717, 1.165) is 16.3 Å². The molecule has 5 rings (SSSR count). The molecule has 0 saturated carbocycles. The molecule has 1 aliphatic rings. The number of nitrogens with two attached hydrogens (primary N) is 1. The van der Waals surface area contributed by atoms with Gasteiger partial charge in [0.25, 0.3) is 11.8 Å². The number of hydrogen-bond acceptors (Lipinski definition) is 6. The molecule has 1 fully saturated rings. The van der Waals surface area contributed by atoms with Gasteiger partial charge < -0.3 is 20.9 Å². The molecule has 0 spiro atoms. The highest BCUT2D eigenvalue weighted by molar-refractivity contribution is 6.30. The van der Waals surface area contributed by atoms with E-state index in [-0.39, 0.29) is 25.3 Å². The quantitative estimate of drug-likeness (QED) is 0.319. The predicted octanol–water partition coefficient (Wildman–Crippen LogP) is 3.30. The molecule has 0 unspecified atom stereocenters.